The highest BCUT2D eigenvalue weighted by Crippen LogP contribution is 2.62. The van der Waals surface area contributed by atoms with E-state index in [0.29, 0.717) is 13.0 Å². The van der Waals surface area contributed by atoms with Gasteiger partial charge in [0.1, 0.15) is 22.8 Å². The second-order valence-corrected chi connectivity index (χ2v) is 16.5. The number of thioether (sulfide) groups is 1. The van der Waals surface area contributed by atoms with E-state index in [1.807, 2.05) is 62.9 Å². The minimum atomic E-state index is -0.953. The van der Waals surface area contributed by atoms with Crippen LogP contribution in [0.2, 0.25) is 0 Å². The summed E-state index contributed by atoms with van der Waals surface area (Å²) < 4.78 is 20.8. The SMILES string of the molecule is C=CCO[C@@]12Oc3ccc(Oc4ccc5ccccc5c4)cc3[C@H]3[C@H](CCCCO)[C@@H](CCCCO)C=C(C(=NOC(C)(C)C)C[C@@H]1SCC)[C@H]32. The fourth-order valence-electron chi connectivity index (χ4n) is 8.30. The number of ether oxygens (including phenoxy) is 3. The Morgan fingerprint density at radius 1 is 0.961 bits per heavy atom. The molecule has 6 atom stereocenters. The molecule has 3 aromatic rings. The number of rotatable bonds is 16. The summed E-state index contributed by atoms with van der Waals surface area (Å²) in [7, 11) is 0. The van der Waals surface area contributed by atoms with Gasteiger partial charge in [-0.15, -0.1) is 6.58 Å². The fourth-order valence-corrected chi connectivity index (χ4v) is 9.47. The van der Waals surface area contributed by atoms with Crippen LogP contribution < -0.4 is 9.47 Å². The summed E-state index contributed by atoms with van der Waals surface area (Å²) in [6.45, 7) is 13.0. The first kappa shape index (κ1) is 37.5. The molecular weight excluding hydrogens is 659 g/mol. The highest BCUT2D eigenvalue weighted by atomic mass is 32.2. The number of nitrogens with zero attached hydrogens (tertiary/aromatic N) is 1. The lowest BCUT2D eigenvalue weighted by Crippen LogP contribution is -2.64. The van der Waals surface area contributed by atoms with E-state index in [-0.39, 0.29) is 42.1 Å². The third-order valence-corrected chi connectivity index (χ3v) is 11.6. The maximum absolute atomic E-state index is 9.85. The van der Waals surface area contributed by atoms with Gasteiger partial charge in [0.2, 0.25) is 5.79 Å². The number of allylic oxidation sites excluding steroid dienone is 1. The Balaban J connectivity index is 1.52. The zero-order valence-electron chi connectivity index (χ0n) is 30.7. The van der Waals surface area contributed by atoms with E-state index >= 15 is 0 Å². The van der Waals surface area contributed by atoms with Gasteiger partial charge in [-0.1, -0.05) is 67.4 Å². The molecule has 0 bridgehead atoms. The van der Waals surface area contributed by atoms with Crippen LogP contribution in [-0.2, 0) is 9.57 Å². The highest BCUT2D eigenvalue weighted by molar-refractivity contribution is 8.00. The van der Waals surface area contributed by atoms with Crippen LogP contribution >= 0.6 is 11.8 Å². The first-order valence-corrected chi connectivity index (χ1v) is 19.8. The standard InChI is InChI=1S/C43H55NO6S/c1-6-24-47-43-39(51-7-2)28-37(44-50-42(3,4)5)35-26-31(16-10-12-22-45)34(17-11-13-23-46)40(41(35)43)36-27-33(20-21-38(36)49-43)48-32-19-18-29-14-8-9-15-30(29)25-32/h6,8-9,14-15,18-21,25-27,31,34,39-41,45-46H,1,7,10-13,16-17,22-24,28H2,2-5H3/t31-,34+,39-,40+,41+,43+/m0/s1. The Morgan fingerprint density at radius 2 is 1.69 bits per heavy atom. The third-order valence-electron chi connectivity index (χ3n) is 10.4. The molecule has 0 amide bonds. The molecule has 0 saturated heterocycles. The van der Waals surface area contributed by atoms with Crippen molar-refractivity contribution in [3.8, 4) is 17.2 Å². The van der Waals surface area contributed by atoms with Gasteiger partial charge in [0.05, 0.1) is 23.5 Å². The van der Waals surface area contributed by atoms with E-state index in [1.54, 1.807) is 0 Å². The molecular formula is C43H55NO6S. The van der Waals surface area contributed by atoms with Gasteiger partial charge in [0.25, 0.3) is 0 Å². The molecule has 1 heterocycles. The van der Waals surface area contributed by atoms with Crippen LogP contribution in [0.3, 0.4) is 0 Å². The third kappa shape index (κ3) is 8.20. The lowest BCUT2D eigenvalue weighted by atomic mass is 9.56. The second kappa shape index (κ2) is 16.6. The predicted molar refractivity (Wildman–Crippen MR) is 208 cm³/mol. The van der Waals surface area contributed by atoms with Crippen LogP contribution in [0.25, 0.3) is 10.8 Å². The summed E-state index contributed by atoms with van der Waals surface area (Å²) >= 11 is 1.85. The van der Waals surface area contributed by atoms with E-state index in [9.17, 15) is 10.2 Å². The summed E-state index contributed by atoms with van der Waals surface area (Å²) in [4.78, 5) is 6.17. The molecule has 0 aromatic heterocycles. The van der Waals surface area contributed by atoms with Crippen LogP contribution in [0.15, 0.2) is 90.1 Å². The number of hydrogen-bond acceptors (Lipinski definition) is 8. The van der Waals surface area contributed by atoms with Gasteiger partial charge in [0, 0.05) is 31.1 Å². The van der Waals surface area contributed by atoms with Crippen LogP contribution in [-0.4, -0.2) is 58.1 Å². The number of fused-ring (bicyclic) bond motifs is 3. The van der Waals surface area contributed by atoms with Gasteiger partial charge in [-0.25, -0.2) is 0 Å². The predicted octanol–water partition coefficient (Wildman–Crippen LogP) is 9.82. The van der Waals surface area contributed by atoms with Gasteiger partial charge in [-0.3, -0.25) is 0 Å². The molecule has 8 heteroatoms. The van der Waals surface area contributed by atoms with E-state index < -0.39 is 11.4 Å². The fraction of sp³-hybridized carbons (Fsp3) is 0.512. The van der Waals surface area contributed by atoms with Gasteiger partial charge in [-0.05, 0) is 111 Å². The average molecular weight is 714 g/mol. The average Bonchev–Trinajstić information content (AvgIpc) is 3.12. The van der Waals surface area contributed by atoms with Crippen molar-refractivity contribution in [2.24, 2.45) is 22.9 Å². The normalized spacial score (nSPS) is 26.2. The highest BCUT2D eigenvalue weighted by Gasteiger charge is 2.63. The molecule has 7 nitrogen and oxygen atoms in total. The smallest absolute Gasteiger partial charge is 0.230 e. The number of oxime groups is 1. The summed E-state index contributed by atoms with van der Waals surface area (Å²) in [5, 5.41) is 26.8. The van der Waals surface area contributed by atoms with Crippen molar-refractivity contribution in [3.05, 3.63) is 90.5 Å². The molecule has 0 unspecified atom stereocenters. The number of hydrogen-bond donors (Lipinski definition) is 2. The molecule has 1 saturated carbocycles. The van der Waals surface area contributed by atoms with E-state index in [2.05, 4.69) is 56.0 Å². The number of benzene rings is 3. The molecule has 274 valence electrons. The number of unbranched alkanes of at least 4 members (excludes halogenated alkanes) is 2. The van der Waals surface area contributed by atoms with Crippen molar-refractivity contribution in [2.75, 3.05) is 25.6 Å². The molecule has 1 aliphatic heterocycles. The molecule has 2 N–H and O–H groups in total. The lowest BCUT2D eigenvalue weighted by Gasteiger charge is -2.58. The van der Waals surface area contributed by atoms with E-state index in [1.165, 1.54) is 5.39 Å². The summed E-state index contributed by atoms with van der Waals surface area (Å²) in [6.07, 6.45) is 10.1. The van der Waals surface area contributed by atoms with Crippen molar-refractivity contribution in [3.63, 3.8) is 0 Å². The van der Waals surface area contributed by atoms with E-state index in [0.717, 1.165) is 83.8 Å². The van der Waals surface area contributed by atoms with Crippen molar-refractivity contribution in [2.45, 2.75) is 95.2 Å². The lowest BCUT2D eigenvalue weighted by molar-refractivity contribution is -0.223. The molecule has 1 fully saturated rings. The maximum atomic E-state index is 9.85. The van der Waals surface area contributed by atoms with Crippen LogP contribution in [0.1, 0.15) is 84.1 Å². The molecule has 3 aliphatic rings. The zero-order chi connectivity index (χ0) is 36.0. The van der Waals surface area contributed by atoms with Gasteiger partial charge >= 0.3 is 0 Å². The van der Waals surface area contributed by atoms with Crippen molar-refractivity contribution < 1.29 is 29.3 Å². The Bertz CT molecular complexity index is 1710. The molecule has 6 rings (SSSR count). The minimum Gasteiger partial charge on any atom is -0.460 e. The number of aliphatic hydroxyl groups is 2. The first-order valence-electron chi connectivity index (χ1n) is 18.8. The maximum Gasteiger partial charge on any atom is 0.230 e. The Morgan fingerprint density at radius 3 is 2.41 bits per heavy atom. The van der Waals surface area contributed by atoms with Gasteiger partial charge < -0.3 is 29.3 Å². The summed E-state index contributed by atoms with van der Waals surface area (Å²) in [5.74, 6) is 2.64. The second-order valence-electron chi connectivity index (χ2n) is 15.0. The Kier molecular flexibility index (Phi) is 12.2. The van der Waals surface area contributed by atoms with Crippen LogP contribution in [0, 0.1) is 17.8 Å². The Labute approximate surface area is 308 Å². The van der Waals surface area contributed by atoms with Crippen molar-refractivity contribution in [1.82, 2.24) is 0 Å². The topological polar surface area (TPSA) is 89.7 Å². The molecule has 3 aromatic carbocycles. The quantitative estimate of drug-likeness (QED) is 0.0868. The first-order chi connectivity index (χ1) is 24.7. The van der Waals surface area contributed by atoms with Crippen LogP contribution in [0.4, 0.5) is 0 Å². The monoisotopic (exact) mass is 713 g/mol. The van der Waals surface area contributed by atoms with E-state index in [4.69, 9.17) is 24.2 Å². The summed E-state index contributed by atoms with van der Waals surface area (Å²) in [5.41, 5.74) is 2.77. The molecule has 0 radical (unpaired) electrons. The molecule has 51 heavy (non-hydrogen) atoms. The zero-order valence-corrected chi connectivity index (χ0v) is 31.5. The van der Waals surface area contributed by atoms with Crippen LogP contribution in [0.5, 0.6) is 17.2 Å². The van der Waals surface area contributed by atoms with Crippen molar-refractivity contribution >= 4 is 28.2 Å². The minimum absolute atomic E-state index is 0.0247. The number of aliphatic hydroxyl groups excluding tert-OH is 2. The largest absolute Gasteiger partial charge is 0.460 e. The molecule has 0 spiro atoms. The van der Waals surface area contributed by atoms with Gasteiger partial charge in [-0.2, -0.15) is 11.8 Å². The summed E-state index contributed by atoms with van der Waals surface area (Å²) in [6, 6.07) is 20.7. The Hall–Kier alpha value is -3.30. The van der Waals surface area contributed by atoms with Gasteiger partial charge in [0.15, 0.2) is 0 Å². The van der Waals surface area contributed by atoms with Crippen molar-refractivity contribution in [1.29, 1.82) is 0 Å². The molecule has 2 aliphatic carbocycles.